The first kappa shape index (κ1) is 16.6. The third kappa shape index (κ3) is 4.59. The fraction of sp³-hybridized carbons (Fsp3) is 0.750. The summed E-state index contributed by atoms with van der Waals surface area (Å²) in [6.45, 7) is 0.425. The molecule has 1 aliphatic heterocycles. The molecule has 0 radical (unpaired) electrons. The number of urea groups is 1. The zero-order valence-electron chi connectivity index (χ0n) is 11.5. The molecule has 2 atom stereocenters. The van der Waals surface area contributed by atoms with Gasteiger partial charge in [0, 0.05) is 6.54 Å². The highest BCUT2D eigenvalue weighted by Crippen LogP contribution is 2.17. The Morgan fingerprint density at radius 1 is 1.45 bits per heavy atom. The van der Waals surface area contributed by atoms with Crippen LogP contribution in [0.15, 0.2) is 0 Å². The molecule has 20 heavy (non-hydrogen) atoms. The van der Waals surface area contributed by atoms with E-state index in [0.717, 1.165) is 12.8 Å². The largest absolute Gasteiger partial charge is 0.480 e. The van der Waals surface area contributed by atoms with Crippen LogP contribution in [0.2, 0.25) is 0 Å². The van der Waals surface area contributed by atoms with E-state index in [2.05, 4.69) is 5.32 Å². The summed E-state index contributed by atoms with van der Waals surface area (Å²) in [6, 6.07) is -2.11. The lowest BCUT2D eigenvalue weighted by molar-refractivity contribution is -0.139. The van der Waals surface area contributed by atoms with E-state index in [0.29, 0.717) is 25.1 Å². The molecule has 8 heteroatoms. The molecule has 0 aromatic rings. The summed E-state index contributed by atoms with van der Waals surface area (Å²) in [4.78, 5) is 35.9. The quantitative estimate of drug-likeness (QED) is 0.650. The lowest BCUT2D eigenvalue weighted by Crippen LogP contribution is -2.56. The second kappa shape index (κ2) is 7.98. The average Bonchev–Trinajstić information content (AvgIpc) is 2.42. The second-order valence-corrected chi connectivity index (χ2v) is 5.71. The van der Waals surface area contributed by atoms with E-state index in [1.807, 2.05) is 6.26 Å². The molecular formula is C12H21N3O4S. The molecule has 0 aliphatic carbocycles. The summed E-state index contributed by atoms with van der Waals surface area (Å²) < 4.78 is 0. The number of carbonyl (C=O) groups excluding carboxylic acids is 2. The fourth-order valence-electron chi connectivity index (χ4n) is 2.20. The number of thioether (sulfide) groups is 1. The van der Waals surface area contributed by atoms with E-state index in [-0.39, 0.29) is 0 Å². The number of hydrogen-bond acceptors (Lipinski definition) is 4. The maximum Gasteiger partial charge on any atom is 0.326 e. The minimum atomic E-state index is -1.07. The van der Waals surface area contributed by atoms with Gasteiger partial charge in [0.15, 0.2) is 0 Å². The van der Waals surface area contributed by atoms with E-state index in [9.17, 15) is 14.4 Å². The number of likely N-dealkylation sites (tertiary alicyclic amines) is 1. The molecule has 114 valence electrons. The first-order valence-electron chi connectivity index (χ1n) is 6.55. The van der Waals surface area contributed by atoms with Gasteiger partial charge in [-0.3, -0.25) is 4.79 Å². The lowest BCUT2D eigenvalue weighted by Gasteiger charge is -2.34. The lowest BCUT2D eigenvalue weighted by atomic mass is 10.0. The van der Waals surface area contributed by atoms with Crippen molar-refractivity contribution in [3.8, 4) is 0 Å². The van der Waals surface area contributed by atoms with Gasteiger partial charge in [-0.1, -0.05) is 0 Å². The Balaban J connectivity index is 2.66. The number of primary amides is 1. The number of piperidine rings is 1. The first-order valence-corrected chi connectivity index (χ1v) is 7.95. The molecule has 2 unspecified atom stereocenters. The van der Waals surface area contributed by atoms with Crippen LogP contribution < -0.4 is 11.1 Å². The van der Waals surface area contributed by atoms with E-state index >= 15 is 0 Å². The van der Waals surface area contributed by atoms with Gasteiger partial charge in [0.05, 0.1) is 0 Å². The summed E-state index contributed by atoms with van der Waals surface area (Å²) in [5.41, 5.74) is 5.29. The Bertz CT molecular complexity index is 378. The summed E-state index contributed by atoms with van der Waals surface area (Å²) >= 11 is 1.51. The third-order valence-electron chi connectivity index (χ3n) is 3.30. The number of aliphatic carboxylic acids is 1. The molecule has 7 nitrogen and oxygen atoms in total. The van der Waals surface area contributed by atoms with Crippen LogP contribution >= 0.6 is 11.8 Å². The van der Waals surface area contributed by atoms with Gasteiger partial charge in [-0.25, -0.2) is 9.59 Å². The number of hydrogen-bond donors (Lipinski definition) is 3. The Labute approximate surface area is 122 Å². The van der Waals surface area contributed by atoms with E-state index in [4.69, 9.17) is 10.8 Å². The second-order valence-electron chi connectivity index (χ2n) is 4.73. The molecule has 4 N–H and O–H groups in total. The van der Waals surface area contributed by atoms with Crippen LogP contribution in [0.3, 0.4) is 0 Å². The topological polar surface area (TPSA) is 113 Å². The van der Waals surface area contributed by atoms with Gasteiger partial charge in [-0.15, -0.1) is 0 Å². The number of nitrogens with zero attached hydrogens (tertiary/aromatic N) is 1. The standard InChI is InChI=1S/C12H21N3O4S/c1-20-7-5-8(11(17)18)14-12(19)15-6-3-2-4-9(15)10(13)16/h8-9H,2-7H2,1H3,(H2,13,16)(H,14,19)(H,17,18). The predicted molar refractivity (Wildman–Crippen MR) is 76.5 cm³/mol. The average molecular weight is 303 g/mol. The van der Waals surface area contributed by atoms with Gasteiger partial charge < -0.3 is 21.1 Å². The maximum atomic E-state index is 12.1. The molecule has 1 heterocycles. The van der Waals surface area contributed by atoms with Crippen molar-refractivity contribution in [2.75, 3.05) is 18.6 Å². The maximum absolute atomic E-state index is 12.1. The normalized spacial score (nSPS) is 20.2. The van der Waals surface area contributed by atoms with Crippen molar-refractivity contribution < 1.29 is 19.5 Å². The van der Waals surface area contributed by atoms with Gasteiger partial charge in [0.25, 0.3) is 0 Å². The van der Waals surface area contributed by atoms with Gasteiger partial charge >= 0.3 is 12.0 Å². The number of carbonyl (C=O) groups is 3. The van der Waals surface area contributed by atoms with Crippen molar-refractivity contribution in [3.05, 3.63) is 0 Å². The van der Waals surface area contributed by atoms with E-state index in [1.165, 1.54) is 16.7 Å². The van der Waals surface area contributed by atoms with Gasteiger partial charge in [-0.2, -0.15) is 11.8 Å². The highest BCUT2D eigenvalue weighted by Gasteiger charge is 2.32. The predicted octanol–water partition coefficient (Wildman–Crippen LogP) is 0.242. The molecule has 0 bridgehead atoms. The van der Waals surface area contributed by atoms with Crippen molar-refractivity contribution in [2.45, 2.75) is 37.8 Å². The van der Waals surface area contributed by atoms with Crippen LogP contribution in [0.4, 0.5) is 4.79 Å². The van der Waals surface area contributed by atoms with Crippen LogP contribution in [0, 0.1) is 0 Å². The minimum absolute atomic E-state index is 0.345. The van der Waals surface area contributed by atoms with Crippen molar-refractivity contribution in [1.29, 1.82) is 0 Å². The first-order chi connectivity index (χ1) is 9.47. The number of amides is 3. The molecule has 1 rings (SSSR count). The SMILES string of the molecule is CSCCC(NC(=O)N1CCCCC1C(N)=O)C(=O)O. The monoisotopic (exact) mass is 303 g/mol. The van der Waals surface area contributed by atoms with Crippen LogP contribution in [0.25, 0.3) is 0 Å². The molecule has 0 aromatic heterocycles. The molecule has 1 fully saturated rings. The van der Waals surface area contributed by atoms with Crippen molar-refractivity contribution in [2.24, 2.45) is 5.73 Å². The summed E-state index contributed by atoms with van der Waals surface area (Å²) in [5, 5.41) is 11.6. The summed E-state index contributed by atoms with van der Waals surface area (Å²) in [5.74, 6) is -0.980. The molecular weight excluding hydrogens is 282 g/mol. The summed E-state index contributed by atoms with van der Waals surface area (Å²) in [7, 11) is 0. The van der Waals surface area contributed by atoms with Crippen molar-refractivity contribution in [1.82, 2.24) is 10.2 Å². The number of nitrogens with one attached hydrogen (secondary N) is 1. The Morgan fingerprint density at radius 2 is 2.15 bits per heavy atom. The third-order valence-corrected chi connectivity index (χ3v) is 3.94. The van der Waals surface area contributed by atoms with Crippen LogP contribution in [-0.2, 0) is 9.59 Å². The number of rotatable bonds is 6. The Morgan fingerprint density at radius 3 is 2.70 bits per heavy atom. The number of carboxylic acid groups (broad SMARTS) is 1. The number of nitrogens with two attached hydrogens (primary N) is 1. The fourth-order valence-corrected chi connectivity index (χ4v) is 2.67. The van der Waals surface area contributed by atoms with Crippen molar-refractivity contribution >= 4 is 29.7 Å². The minimum Gasteiger partial charge on any atom is -0.480 e. The van der Waals surface area contributed by atoms with Gasteiger partial charge in [0.1, 0.15) is 12.1 Å². The highest BCUT2D eigenvalue weighted by atomic mass is 32.2. The van der Waals surface area contributed by atoms with E-state index < -0.39 is 30.0 Å². The van der Waals surface area contributed by atoms with Gasteiger partial charge in [0.2, 0.25) is 5.91 Å². The zero-order chi connectivity index (χ0) is 15.1. The van der Waals surface area contributed by atoms with Crippen molar-refractivity contribution in [3.63, 3.8) is 0 Å². The highest BCUT2D eigenvalue weighted by molar-refractivity contribution is 7.98. The molecule has 1 saturated heterocycles. The molecule has 0 aromatic carbocycles. The van der Waals surface area contributed by atoms with Crippen LogP contribution in [-0.4, -0.2) is 58.6 Å². The van der Waals surface area contributed by atoms with Crippen LogP contribution in [0.5, 0.6) is 0 Å². The molecule has 1 aliphatic rings. The summed E-state index contributed by atoms with van der Waals surface area (Å²) in [6.07, 6.45) is 4.38. The number of carboxylic acids is 1. The van der Waals surface area contributed by atoms with Crippen LogP contribution in [0.1, 0.15) is 25.7 Å². The van der Waals surface area contributed by atoms with Gasteiger partial charge in [-0.05, 0) is 37.7 Å². The Hall–Kier alpha value is -1.44. The Kier molecular flexibility index (Phi) is 6.63. The smallest absolute Gasteiger partial charge is 0.326 e. The molecule has 3 amide bonds. The zero-order valence-corrected chi connectivity index (χ0v) is 12.3. The van der Waals surface area contributed by atoms with E-state index in [1.54, 1.807) is 0 Å². The molecule has 0 spiro atoms. The molecule has 0 saturated carbocycles.